The van der Waals surface area contributed by atoms with Crippen LogP contribution in [0.15, 0.2) is 60.7 Å². The number of fused-ring (bicyclic) bond motifs is 2. The Morgan fingerprint density at radius 3 is 1.17 bits per heavy atom. The molecule has 2 bridgehead atoms. The van der Waals surface area contributed by atoms with E-state index in [1.165, 1.54) is 0 Å². The van der Waals surface area contributed by atoms with E-state index >= 15 is 0 Å². The van der Waals surface area contributed by atoms with Crippen molar-refractivity contribution in [1.82, 2.24) is 0 Å². The van der Waals surface area contributed by atoms with E-state index in [1.54, 1.807) is 10.4 Å². The fourth-order valence-corrected chi connectivity index (χ4v) is 201. The number of hydrogen-bond acceptors (Lipinski definition) is 3. The maximum absolute atomic E-state index is 2.72. The van der Waals surface area contributed by atoms with Crippen molar-refractivity contribution >= 4 is 67.6 Å². The molecule has 4 rings (SSSR count). The highest BCUT2D eigenvalue weighted by atomic mass is 32.9. The van der Waals surface area contributed by atoms with Crippen LogP contribution in [0, 0.1) is 0 Å². The molecule has 0 amide bonds. The SMILES string of the molecule is C[Si@]12S[Si@](C)(S[Si@]1(C)c1ccccc1)[Si@@](C)(c1ccccc1)S2. The summed E-state index contributed by atoms with van der Waals surface area (Å²) in [5.74, 6) is -2.63. The Balaban J connectivity index is 1.81. The number of hydrogen-bond donors (Lipinski definition) is 0. The van der Waals surface area contributed by atoms with Crippen molar-refractivity contribution in [2.75, 3.05) is 0 Å². The van der Waals surface area contributed by atoms with Crippen LogP contribution < -0.4 is 10.4 Å². The lowest BCUT2D eigenvalue weighted by Gasteiger charge is -2.45. The van der Waals surface area contributed by atoms with Crippen LogP contribution in [0.3, 0.4) is 0 Å². The first-order valence-corrected chi connectivity index (χ1v) is 26.8. The van der Waals surface area contributed by atoms with Crippen LogP contribution in [0.2, 0.25) is 26.2 Å². The van der Waals surface area contributed by atoms with E-state index in [9.17, 15) is 0 Å². The largest absolute Gasteiger partial charge is 0.192 e. The smallest absolute Gasteiger partial charge is 0.168 e. The lowest BCUT2D eigenvalue weighted by atomic mass is 10.4. The molecule has 0 saturated carbocycles. The molecule has 0 aliphatic carbocycles. The average molecular weight is 423 g/mol. The number of rotatable bonds is 2. The fraction of sp³-hybridized carbons (Fsp3) is 0.250. The van der Waals surface area contributed by atoms with Crippen molar-refractivity contribution in [1.29, 1.82) is 0 Å². The summed E-state index contributed by atoms with van der Waals surface area (Å²) < 4.78 is 0. The molecule has 0 aromatic heterocycles. The van der Waals surface area contributed by atoms with Gasteiger partial charge in [0.05, 0.1) is 0 Å². The molecule has 7 heteroatoms. The molecule has 120 valence electrons. The van der Waals surface area contributed by atoms with Gasteiger partial charge in [-0.2, -0.15) is 32.0 Å². The van der Waals surface area contributed by atoms with E-state index in [4.69, 9.17) is 0 Å². The van der Waals surface area contributed by atoms with Crippen molar-refractivity contribution < 1.29 is 0 Å². The molecule has 2 aliphatic rings. The zero-order chi connectivity index (χ0) is 16.3. The van der Waals surface area contributed by atoms with Gasteiger partial charge in [0, 0.05) is 0 Å². The van der Waals surface area contributed by atoms with Crippen LogP contribution in [-0.4, -0.2) is 25.3 Å². The van der Waals surface area contributed by atoms with Crippen LogP contribution in [-0.2, 0) is 0 Å². The van der Waals surface area contributed by atoms with Gasteiger partial charge in [0.15, 0.2) is 25.3 Å². The zero-order valence-corrected chi connectivity index (χ0v) is 20.4. The van der Waals surface area contributed by atoms with Gasteiger partial charge in [0.2, 0.25) is 0 Å². The van der Waals surface area contributed by atoms with Gasteiger partial charge in [-0.1, -0.05) is 86.9 Å². The van der Waals surface area contributed by atoms with E-state index in [-0.39, 0.29) is 0 Å². The minimum atomic E-state index is -1.38. The first kappa shape index (κ1) is 16.8. The normalized spacial score (nSPS) is 42.1. The molecule has 2 aliphatic heterocycles. The Morgan fingerprint density at radius 1 is 0.522 bits per heavy atom. The molecule has 0 unspecified atom stereocenters. The highest BCUT2D eigenvalue weighted by Gasteiger charge is 2.77. The maximum Gasteiger partial charge on any atom is 0.168 e. The molecule has 0 radical (unpaired) electrons. The highest BCUT2D eigenvalue weighted by Crippen LogP contribution is 2.71. The maximum atomic E-state index is 2.72. The number of benzene rings is 2. The lowest BCUT2D eigenvalue weighted by molar-refractivity contribution is 1.75. The summed E-state index contributed by atoms with van der Waals surface area (Å²) in [5.41, 5.74) is 0. The predicted octanol–water partition coefficient (Wildman–Crippen LogP) is 4.48. The molecule has 2 saturated heterocycles. The predicted molar refractivity (Wildman–Crippen MR) is 121 cm³/mol. The summed E-state index contributed by atoms with van der Waals surface area (Å²) >= 11 is 0. The van der Waals surface area contributed by atoms with E-state index in [2.05, 4.69) is 119 Å². The van der Waals surface area contributed by atoms with Gasteiger partial charge in [0.25, 0.3) is 0 Å². The van der Waals surface area contributed by atoms with E-state index in [0.29, 0.717) is 0 Å². The van der Waals surface area contributed by atoms with Gasteiger partial charge >= 0.3 is 0 Å². The highest BCUT2D eigenvalue weighted by molar-refractivity contribution is 9.10. The summed E-state index contributed by atoms with van der Waals surface area (Å²) in [6.07, 6.45) is 0. The third-order valence-electron chi connectivity index (χ3n) is 5.57. The molecular weight excluding hydrogens is 401 g/mol. The fourth-order valence-electron chi connectivity index (χ4n) is 3.92. The van der Waals surface area contributed by atoms with Crippen LogP contribution in [0.5, 0.6) is 0 Å². The Morgan fingerprint density at radius 2 is 0.870 bits per heavy atom. The van der Waals surface area contributed by atoms with Gasteiger partial charge in [-0.15, -0.1) is 0 Å². The minimum Gasteiger partial charge on any atom is -0.192 e. The monoisotopic (exact) mass is 422 g/mol. The van der Waals surface area contributed by atoms with Crippen molar-refractivity contribution in [3.8, 4) is 0 Å². The molecule has 0 nitrogen and oxygen atoms in total. The summed E-state index contributed by atoms with van der Waals surface area (Å²) in [6, 6.07) is 23.1. The van der Waals surface area contributed by atoms with Crippen molar-refractivity contribution in [2.45, 2.75) is 26.2 Å². The minimum absolute atomic E-state index is 1.31. The molecule has 2 heterocycles. The first-order chi connectivity index (χ1) is 10.8. The Kier molecular flexibility index (Phi) is 3.96. The van der Waals surface area contributed by atoms with Gasteiger partial charge in [-0.3, -0.25) is 0 Å². The third-order valence-corrected chi connectivity index (χ3v) is 109. The van der Waals surface area contributed by atoms with Gasteiger partial charge in [0.1, 0.15) is 0 Å². The summed E-state index contributed by atoms with van der Waals surface area (Å²) in [6.45, 7) is 8.05. The Bertz CT molecular complexity index is 682. The van der Waals surface area contributed by atoms with Crippen molar-refractivity contribution in [2.24, 2.45) is 0 Å². The van der Waals surface area contributed by atoms with Gasteiger partial charge < -0.3 is 0 Å². The molecule has 2 aromatic carbocycles. The Hall–Kier alpha value is 0.358. The molecule has 4 atom stereocenters. The second-order valence-electron chi connectivity index (χ2n) is 7.00. The molecule has 2 fully saturated rings. The van der Waals surface area contributed by atoms with E-state index in [1.807, 2.05) is 0 Å². The second kappa shape index (κ2) is 5.42. The summed E-state index contributed by atoms with van der Waals surface area (Å²) in [7, 11) is 7.69. The van der Waals surface area contributed by atoms with E-state index in [0.717, 1.165) is 0 Å². The van der Waals surface area contributed by atoms with Crippen LogP contribution in [0.4, 0.5) is 0 Å². The van der Waals surface area contributed by atoms with Crippen molar-refractivity contribution in [3.05, 3.63) is 60.7 Å². The molecular formula is C16H22S3Si4. The molecule has 0 spiro atoms. The third kappa shape index (κ3) is 2.24. The van der Waals surface area contributed by atoms with Crippen LogP contribution in [0.1, 0.15) is 0 Å². The van der Waals surface area contributed by atoms with Gasteiger partial charge in [-0.05, 0) is 10.4 Å². The molecule has 2 aromatic rings. The quantitative estimate of drug-likeness (QED) is 0.655. The second-order valence-corrected chi connectivity index (χ2v) is 58.8. The topological polar surface area (TPSA) is 0 Å². The molecule has 23 heavy (non-hydrogen) atoms. The molecule has 0 N–H and O–H groups in total. The average Bonchev–Trinajstić information content (AvgIpc) is 2.89. The first-order valence-electron chi connectivity index (χ1n) is 8.05. The van der Waals surface area contributed by atoms with E-state index < -0.39 is 25.3 Å². The van der Waals surface area contributed by atoms with Crippen LogP contribution >= 0.6 is 32.0 Å². The summed E-state index contributed by atoms with van der Waals surface area (Å²) in [4.78, 5) is 0. The zero-order valence-electron chi connectivity index (χ0n) is 14.0. The van der Waals surface area contributed by atoms with Crippen LogP contribution in [0.25, 0.3) is 0 Å². The summed E-state index contributed by atoms with van der Waals surface area (Å²) in [5, 5.41) is 3.42. The van der Waals surface area contributed by atoms with Crippen molar-refractivity contribution in [3.63, 3.8) is 0 Å². The lowest BCUT2D eigenvalue weighted by Crippen LogP contribution is -2.67. The van der Waals surface area contributed by atoms with Gasteiger partial charge in [-0.25, -0.2) is 0 Å². The standard InChI is InChI=1S/C16H22S3Si4/c1-20(15-11-7-5-8-12-15)17-23(4)19-22(20,3)18-21(23,2)16-13-9-6-10-14-16/h5-14H,1-4H3/t20-,21-,22-,23-/m0/s1. The Labute approximate surface area is 153 Å².